The molecule has 1 aliphatic rings. The molecule has 1 aliphatic carbocycles. The Hall–Kier alpha value is -1.67. The molecule has 1 atom stereocenters. The minimum atomic E-state index is -2.50. The van der Waals surface area contributed by atoms with E-state index in [9.17, 15) is 13.6 Å². The molecule has 2 aromatic rings. The maximum absolute atomic E-state index is 12.8. The van der Waals surface area contributed by atoms with E-state index in [-0.39, 0.29) is 23.9 Å². The van der Waals surface area contributed by atoms with Gasteiger partial charge in [-0.15, -0.1) is 0 Å². The molecule has 9 heteroatoms. The first kappa shape index (κ1) is 18.1. The van der Waals surface area contributed by atoms with E-state index < -0.39 is 11.8 Å². The van der Waals surface area contributed by atoms with E-state index in [4.69, 9.17) is 11.6 Å². The van der Waals surface area contributed by atoms with Crippen molar-refractivity contribution in [3.05, 3.63) is 35.9 Å². The molecule has 0 saturated heterocycles. The summed E-state index contributed by atoms with van der Waals surface area (Å²) in [6, 6.07) is 3.60. The van der Waals surface area contributed by atoms with Crippen molar-refractivity contribution in [3.8, 4) is 5.69 Å². The molecular formula is C16H17ClF2N4OS. The quantitative estimate of drug-likeness (QED) is 0.681. The summed E-state index contributed by atoms with van der Waals surface area (Å²) in [6.07, 6.45) is 5.18. The molecule has 0 bridgehead atoms. The SMILES string of the molecule is CN(C(=O)CCSCC1CC1(F)F)c1cn(-c2cccnc2)nc1Cl. The smallest absolute Gasteiger partial charge is 0.252 e. The molecule has 1 amide bonds. The summed E-state index contributed by atoms with van der Waals surface area (Å²) in [5.41, 5.74) is 1.23. The number of carbonyl (C=O) groups is 1. The highest BCUT2D eigenvalue weighted by Crippen LogP contribution is 2.50. The number of nitrogens with zero attached hydrogens (tertiary/aromatic N) is 4. The van der Waals surface area contributed by atoms with Crippen LogP contribution in [0, 0.1) is 5.92 Å². The topological polar surface area (TPSA) is 51.0 Å². The first-order chi connectivity index (χ1) is 11.9. The zero-order chi connectivity index (χ0) is 18.0. The fourth-order valence-electron chi connectivity index (χ4n) is 2.33. The highest BCUT2D eigenvalue weighted by Gasteiger charge is 2.56. The molecular weight excluding hydrogens is 370 g/mol. The highest BCUT2D eigenvalue weighted by molar-refractivity contribution is 7.99. The number of carbonyl (C=O) groups excluding carboxylic acids is 1. The van der Waals surface area contributed by atoms with Crippen LogP contribution in [0.1, 0.15) is 12.8 Å². The third-order valence-corrected chi connectivity index (χ3v) is 5.43. The van der Waals surface area contributed by atoms with Gasteiger partial charge in [0.1, 0.15) is 5.69 Å². The Morgan fingerprint density at radius 3 is 2.96 bits per heavy atom. The van der Waals surface area contributed by atoms with Crippen molar-refractivity contribution in [2.75, 3.05) is 23.5 Å². The number of anilines is 1. The molecule has 0 radical (unpaired) electrons. The fraction of sp³-hybridized carbons (Fsp3) is 0.438. The van der Waals surface area contributed by atoms with E-state index in [0.717, 1.165) is 5.69 Å². The summed E-state index contributed by atoms with van der Waals surface area (Å²) >= 11 is 7.53. The fourth-order valence-corrected chi connectivity index (χ4v) is 3.72. The number of aromatic nitrogens is 3. The van der Waals surface area contributed by atoms with E-state index in [1.807, 2.05) is 6.07 Å². The molecule has 0 aliphatic heterocycles. The van der Waals surface area contributed by atoms with Gasteiger partial charge < -0.3 is 4.90 Å². The van der Waals surface area contributed by atoms with Crippen molar-refractivity contribution < 1.29 is 13.6 Å². The van der Waals surface area contributed by atoms with Crippen molar-refractivity contribution in [2.24, 2.45) is 5.92 Å². The number of alkyl halides is 2. The van der Waals surface area contributed by atoms with E-state index in [1.54, 1.807) is 36.4 Å². The van der Waals surface area contributed by atoms with Gasteiger partial charge in [0.2, 0.25) is 5.91 Å². The van der Waals surface area contributed by atoms with Gasteiger partial charge in [0.05, 0.1) is 18.1 Å². The van der Waals surface area contributed by atoms with Gasteiger partial charge in [-0.05, 0) is 12.1 Å². The molecule has 2 aromatic heterocycles. The van der Waals surface area contributed by atoms with Crippen LogP contribution in [0.15, 0.2) is 30.7 Å². The highest BCUT2D eigenvalue weighted by atomic mass is 35.5. The van der Waals surface area contributed by atoms with E-state index >= 15 is 0 Å². The number of rotatable bonds is 7. The molecule has 0 aromatic carbocycles. The second-order valence-electron chi connectivity index (χ2n) is 5.90. The van der Waals surface area contributed by atoms with Crippen LogP contribution >= 0.6 is 23.4 Å². The molecule has 5 nitrogen and oxygen atoms in total. The maximum atomic E-state index is 12.8. The Morgan fingerprint density at radius 1 is 1.56 bits per heavy atom. The van der Waals surface area contributed by atoms with E-state index in [1.165, 1.54) is 16.7 Å². The van der Waals surface area contributed by atoms with Crippen LogP contribution < -0.4 is 4.90 Å². The van der Waals surface area contributed by atoms with Gasteiger partial charge in [-0.25, -0.2) is 13.5 Å². The second kappa shape index (κ2) is 7.29. The van der Waals surface area contributed by atoms with Gasteiger partial charge in [-0.2, -0.15) is 16.9 Å². The lowest BCUT2D eigenvalue weighted by Gasteiger charge is -2.15. The van der Waals surface area contributed by atoms with E-state index in [2.05, 4.69) is 10.1 Å². The summed E-state index contributed by atoms with van der Waals surface area (Å²) in [5, 5.41) is 4.40. The summed E-state index contributed by atoms with van der Waals surface area (Å²) < 4.78 is 27.2. The lowest BCUT2D eigenvalue weighted by Crippen LogP contribution is -2.26. The molecule has 3 rings (SSSR count). The lowest BCUT2D eigenvalue weighted by molar-refractivity contribution is -0.117. The van der Waals surface area contributed by atoms with Crippen LogP contribution in [0.5, 0.6) is 0 Å². The Bertz CT molecular complexity index is 756. The summed E-state index contributed by atoms with van der Waals surface area (Å²) in [4.78, 5) is 17.7. The van der Waals surface area contributed by atoms with Gasteiger partial charge in [0.25, 0.3) is 5.92 Å². The van der Waals surface area contributed by atoms with Crippen molar-refractivity contribution in [2.45, 2.75) is 18.8 Å². The van der Waals surface area contributed by atoms with Crippen molar-refractivity contribution >= 4 is 35.0 Å². The van der Waals surface area contributed by atoms with Gasteiger partial charge in [0, 0.05) is 43.5 Å². The molecule has 25 heavy (non-hydrogen) atoms. The first-order valence-electron chi connectivity index (χ1n) is 7.76. The van der Waals surface area contributed by atoms with Crippen LogP contribution in [0.4, 0.5) is 14.5 Å². The third-order valence-electron chi connectivity index (χ3n) is 4.03. The zero-order valence-electron chi connectivity index (χ0n) is 13.5. The Balaban J connectivity index is 1.54. The van der Waals surface area contributed by atoms with Crippen molar-refractivity contribution in [1.29, 1.82) is 0 Å². The molecule has 1 saturated carbocycles. The molecule has 2 heterocycles. The summed E-state index contributed by atoms with van der Waals surface area (Å²) in [7, 11) is 1.62. The van der Waals surface area contributed by atoms with E-state index in [0.29, 0.717) is 17.2 Å². The van der Waals surface area contributed by atoms with Gasteiger partial charge >= 0.3 is 0 Å². The zero-order valence-corrected chi connectivity index (χ0v) is 15.1. The summed E-state index contributed by atoms with van der Waals surface area (Å²) in [5.74, 6) is -2.27. The average molecular weight is 387 g/mol. The van der Waals surface area contributed by atoms with Crippen LogP contribution in [0.25, 0.3) is 5.69 Å². The molecule has 134 valence electrons. The largest absolute Gasteiger partial charge is 0.311 e. The Morgan fingerprint density at radius 2 is 2.32 bits per heavy atom. The average Bonchev–Trinajstić information content (AvgIpc) is 3.01. The Labute approximate surface area is 153 Å². The molecule has 1 unspecified atom stereocenters. The number of halogens is 3. The van der Waals surface area contributed by atoms with Gasteiger partial charge in [0.15, 0.2) is 5.15 Å². The number of thioether (sulfide) groups is 1. The van der Waals surface area contributed by atoms with Gasteiger partial charge in [-0.1, -0.05) is 11.6 Å². The normalized spacial score (nSPS) is 18.2. The standard InChI is InChI=1S/C16H17ClF2N4OS/c1-22(14(24)4-6-25-10-11-7-16(11,18)19)13-9-23(21-15(13)17)12-3-2-5-20-8-12/h2-3,5,8-9,11H,4,6-7,10H2,1H3. The number of amides is 1. The predicted molar refractivity (Wildman–Crippen MR) is 94.8 cm³/mol. The molecule has 0 spiro atoms. The number of hydrogen-bond acceptors (Lipinski definition) is 4. The minimum Gasteiger partial charge on any atom is -0.311 e. The lowest BCUT2D eigenvalue weighted by atomic mass is 10.4. The second-order valence-corrected chi connectivity index (χ2v) is 7.41. The number of pyridine rings is 1. The summed E-state index contributed by atoms with van der Waals surface area (Å²) in [6.45, 7) is 0. The van der Waals surface area contributed by atoms with Crippen LogP contribution in [0.2, 0.25) is 5.15 Å². The number of hydrogen-bond donors (Lipinski definition) is 0. The third kappa shape index (κ3) is 4.30. The first-order valence-corrected chi connectivity index (χ1v) is 9.29. The molecule has 0 N–H and O–H groups in total. The Kier molecular flexibility index (Phi) is 5.29. The van der Waals surface area contributed by atoms with Crippen LogP contribution in [-0.2, 0) is 4.79 Å². The molecule has 1 fully saturated rings. The van der Waals surface area contributed by atoms with Crippen molar-refractivity contribution in [3.63, 3.8) is 0 Å². The van der Waals surface area contributed by atoms with Crippen LogP contribution in [-0.4, -0.2) is 45.1 Å². The monoisotopic (exact) mass is 386 g/mol. The van der Waals surface area contributed by atoms with Crippen LogP contribution in [0.3, 0.4) is 0 Å². The predicted octanol–water partition coefficient (Wildman–Crippen LogP) is 3.66. The van der Waals surface area contributed by atoms with Crippen molar-refractivity contribution in [1.82, 2.24) is 14.8 Å². The minimum absolute atomic E-state index is 0.0308. The maximum Gasteiger partial charge on any atom is 0.252 e. The van der Waals surface area contributed by atoms with Gasteiger partial charge in [-0.3, -0.25) is 9.78 Å².